The molecule has 0 saturated heterocycles. The van der Waals surface area contributed by atoms with Crippen molar-refractivity contribution in [2.45, 2.75) is 46.6 Å². The molecule has 0 aromatic carbocycles. The molecule has 0 heterocycles. The third kappa shape index (κ3) is 6.63. The number of carbonyl (C=O) groups is 1. The summed E-state index contributed by atoms with van der Waals surface area (Å²) in [5, 5.41) is 8.92. The van der Waals surface area contributed by atoms with E-state index in [-0.39, 0.29) is 17.6 Å². The summed E-state index contributed by atoms with van der Waals surface area (Å²) >= 11 is 0. The molecule has 17 heavy (non-hydrogen) atoms. The van der Waals surface area contributed by atoms with E-state index in [1.165, 1.54) is 0 Å². The van der Waals surface area contributed by atoms with Crippen molar-refractivity contribution in [1.82, 2.24) is 4.72 Å². The Kier molecular flexibility index (Phi) is 6.70. The van der Waals surface area contributed by atoms with Gasteiger partial charge in [-0.15, -0.1) is 0 Å². The van der Waals surface area contributed by atoms with Crippen LogP contribution < -0.4 is 4.72 Å². The van der Waals surface area contributed by atoms with Crippen molar-refractivity contribution >= 4 is 16.0 Å². The van der Waals surface area contributed by atoms with E-state index >= 15 is 0 Å². The molecule has 2 N–H and O–H groups in total. The Bertz CT molecular complexity index is 337. The molecule has 5 nitrogen and oxygen atoms in total. The maximum absolute atomic E-state index is 11.8. The summed E-state index contributed by atoms with van der Waals surface area (Å²) in [6, 6.07) is -1.05. The summed E-state index contributed by atoms with van der Waals surface area (Å²) < 4.78 is 25.8. The highest BCUT2D eigenvalue weighted by Crippen LogP contribution is 2.10. The van der Waals surface area contributed by atoms with Gasteiger partial charge in [0.25, 0.3) is 0 Å². The van der Waals surface area contributed by atoms with Crippen LogP contribution in [0, 0.1) is 11.8 Å². The van der Waals surface area contributed by atoms with E-state index in [1.807, 2.05) is 13.8 Å². The lowest BCUT2D eigenvalue weighted by Gasteiger charge is -2.19. The first kappa shape index (κ1) is 16.4. The highest BCUT2D eigenvalue weighted by molar-refractivity contribution is 7.89. The minimum absolute atomic E-state index is 0.0165. The Balaban J connectivity index is 4.57. The molecule has 0 fully saturated rings. The number of sulfonamides is 1. The van der Waals surface area contributed by atoms with Crippen LogP contribution in [0.4, 0.5) is 0 Å². The Morgan fingerprint density at radius 1 is 1.29 bits per heavy atom. The fourth-order valence-corrected chi connectivity index (χ4v) is 3.44. The van der Waals surface area contributed by atoms with E-state index in [4.69, 9.17) is 5.11 Å². The molecule has 0 rings (SSSR count). The van der Waals surface area contributed by atoms with E-state index in [0.717, 1.165) is 12.8 Å². The maximum Gasteiger partial charge on any atom is 0.321 e. The monoisotopic (exact) mass is 265 g/mol. The number of nitrogens with one attached hydrogen (secondary N) is 1. The Hall–Kier alpha value is -0.620. The van der Waals surface area contributed by atoms with Crippen LogP contribution in [0.2, 0.25) is 0 Å². The van der Waals surface area contributed by atoms with Crippen LogP contribution in [0.5, 0.6) is 0 Å². The minimum atomic E-state index is -3.52. The van der Waals surface area contributed by atoms with E-state index in [2.05, 4.69) is 4.72 Å². The second-order valence-corrected chi connectivity index (χ2v) is 6.65. The van der Waals surface area contributed by atoms with E-state index in [9.17, 15) is 13.2 Å². The first-order valence-electron chi connectivity index (χ1n) is 5.92. The summed E-state index contributed by atoms with van der Waals surface area (Å²) in [6.07, 6.45) is 1.74. The normalized spacial score (nSPS) is 15.8. The lowest BCUT2D eigenvalue weighted by molar-refractivity contribution is -0.140. The van der Waals surface area contributed by atoms with E-state index < -0.39 is 22.0 Å². The Morgan fingerprint density at radius 3 is 2.18 bits per heavy atom. The van der Waals surface area contributed by atoms with E-state index in [1.54, 1.807) is 13.8 Å². The van der Waals surface area contributed by atoms with Gasteiger partial charge < -0.3 is 5.11 Å². The third-order valence-electron chi connectivity index (χ3n) is 2.52. The number of aliphatic carboxylic acids is 1. The van der Waals surface area contributed by atoms with Crippen molar-refractivity contribution in [3.63, 3.8) is 0 Å². The molecule has 2 atom stereocenters. The number of carboxylic acid groups (broad SMARTS) is 1. The van der Waals surface area contributed by atoms with Crippen LogP contribution >= 0.6 is 0 Å². The smallest absolute Gasteiger partial charge is 0.321 e. The first-order valence-corrected chi connectivity index (χ1v) is 7.57. The van der Waals surface area contributed by atoms with Gasteiger partial charge in [-0.25, -0.2) is 13.1 Å². The third-order valence-corrected chi connectivity index (χ3v) is 4.15. The van der Waals surface area contributed by atoms with Crippen molar-refractivity contribution < 1.29 is 18.3 Å². The largest absolute Gasteiger partial charge is 0.480 e. The zero-order chi connectivity index (χ0) is 13.6. The van der Waals surface area contributed by atoms with Gasteiger partial charge in [0.1, 0.15) is 6.04 Å². The number of rotatable bonds is 8. The number of hydrogen-bond donors (Lipinski definition) is 2. The summed E-state index contributed by atoms with van der Waals surface area (Å²) in [4.78, 5) is 10.9. The van der Waals surface area contributed by atoms with E-state index in [0.29, 0.717) is 0 Å². The molecule has 102 valence electrons. The fraction of sp³-hybridized carbons (Fsp3) is 0.909. The molecule has 0 aliphatic heterocycles. The van der Waals surface area contributed by atoms with Crippen LogP contribution in [0.3, 0.4) is 0 Å². The van der Waals surface area contributed by atoms with Crippen molar-refractivity contribution in [3.05, 3.63) is 0 Å². The second kappa shape index (κ2) is 6.96. The van der Waals surface area contributed by atoms with Gasteiger partial charge in [-0.2, -0.15) is 0 Å². The van der Waals surface area contributed by atoms with Gasteiger partial charge in [0.15, 0.2) is 0 Å². The highest BCUT2D eigenvalue weighted by atomic mass is 32.2. The van der Waals surface area contributed by atoms with Crippen molar-refractivity contribution in [3.8, 4) is 0 Å². The second-order valence-electron chi connectivity index (χ2n) is 4.85. The maximum atomic E-state index is 11.8. The average Bonchev–Trinajstić information content (AvgIpc) is 2.12. The molecule has 0 spiro atoms. The molecule has 0 amide bonds. The standard InChI is InChI=1S/C11H23NO4S/c1-5-6-9(4)7-17(15,16)12-10(8(2)3)11(13)14/h8-10,12H,5-7H2,1-4H3,(H,13,14). The molecule has 0 aliphatic carbocycles. The summed E-state index contributed by atoms with van der Waals surface area (Å²) in [7, 11) is -3.52. The number of carboxylic acids is 1. The molecule has 0 aliphatic rings. The van der Waals surface area contributed by atoms with Crippen molar-refractivity contribution in [2.24, 2.45) is 11.8 Å². The fourth-order valence-electron chi connectivity index (χ4n) is 1.66. The Morgan fingerprint density at radius 2 is 1.82 bits per heavy atom. The molecule has 0 radical (unpaired) electrons. The zero-order valence-electron chi connectivity index (χ0n) is 10.9. The van der Waals surface area contributed by atoms with Gasteiger partial charge in [0, 0.05) is 0 Å². The van der Waals surface area contributed by atoms with Crippen molar-refractivity contribution in [1.29, 1.82) is 0 Å². The SMILES string of the molecule is CCCC(C)CS(=O)(=O)NC(C(=O)O)C(C)C. The minimum Gasteiger partial charge on any atom is -0.480 e. The quantitative estimate of drug-likeness (QED) is 0.696. The predicted molar refractivity (Wildman–Crippen MR) is 67.3 cm³/mol. The highest BCUT2D eigenvalue weighted by Gasteiger charge is 2.27. The zero-order valence-corrected chi connectivity index (χ0v) is 11.8. The van der Waals surface area contributed by atoms with Gasteiger partial charge in [-0.3, -0.25) is 4.79 Å². The molecule has 0 bridgehead atoms. The van der Waals surface area contributed by atoms with Crippen molar-refractivity contribution in [2.75, 3.05) is 5.75 Å². The molecule has 2 unspecified atom stereocenters. The lowest BCUT2D eigenvalue weighted by Crippen LogP contribution is -2.45. The average molecular weight is 265 g/mol. The van der Waals surface area contributed by atoms with Crippen LogP contribution in [-0.4, -0.2) is 31.3 Å². The topological polar surface area (TPSA) is 83.5 Å². The van der Waals surface area contributed by atoms with Crippen LogP contribution in [-0.2, 0) is 14.8 Å². The van der Waals surface area contributed by atoms with Crippen LogP contribution in [0.15, 0.2) is 0 Å². The first-order chi connectivity index (χ1) is 7.69. The molecular weight excluding hydrogens is 242 g/mol. The van der Waals surface area contributed by atoms with Gasteiger partial charge in [-0.1, -0.05) is 34.1 Å². The van der Waals surface area contributed by atoms with Gasteiger partial charge in [0.05, 0.1) is 5.75 Å². The summed E-state index contributed by atoms with van der Waals surface area (Å²) in [6.45, 7) is 7.20. The van der Waals surface area contributed by atoms with Gasteiger partial charge in [0.2, 0.25) is 10.0 Å². The summed E-state index contributed by atoms with van der Waals surface area (Å²) in [5.41, 5.74) is 0. The van der Waals surface area contributed by atoms with Crippen LogP contribution in [0.25, 0.3) is 0 Å². The summed E-state index contributed by atoms with van der Waals surface area (Å²) in [5.74, 6) is -1.38. The Labute approximate surface area is 104 Å². The van der Waals surface area contributed by atoms with Gasteiger partial charge in [-0.05, 0) is 18.3 Å². The lowest BCUT2D eigenvalue weighted by atomic mass is 10.1. The van der Waals surface area contributed by atoms with Crippen LogP contribution in [0.1, 0.15) is 40.5 Å². The molecule has 0 saturated carbocycles. The predicted octanol–water partition coefficient (Wildman–Crippen LogP) is 1.45. The van der Waals surface area contributed by atoms with Gasteiger partial charge >= 0.3 is 5.97 Å². The molecule has 0 aromatic rings. The molecule has 0 aromatic heterocycles. The molecule has 6 heteroatoms. The molecular formula is C11H23NO4S. The number of hydrogen-bond acceptors (Lipinski definition) is 3.